The normalized spacial score (nSPS) is 10.1. The fourth-order valence-electron chi connectivity index (χ4n) is 2.27. The van der Waals surface area contributed by atoms with Gasteiger partial charge < -0.3 is 20.7 Å². The van der Waals surface area contributed by atoms with Gasteiger partial charge in [-0.3, -0.25) is 14.4 Å². The van der Waals surface area contributed by atoms with Gasteiger partial charge in [-0.05, 0) is 36.9 Å². The summed E-state index contributed by atoms with van der Waals surface area (Å²) in [5, 5.41) is 9.39. The van der Waals surface area contributed by atoms with Crippen molar-refractivity contribution in [3.05, 3.63) is 51.7 Å². The molecule has 0 atom stereocenters. The molecule has 0 fully saturated rings. The SMILES string of the molecule is Cc1ccc(OCCNC(=O)CNC(=O)CNC(=O)c2cccs2)c(C)c1. The van der Waals surface area contributed by atoms with Crippen molar-refractivity contribution in [3.63, 3.8) is 0 Å². The second-order valence-electron chi connectivity index (χ2n) is 5.90. The Balaban J connectivity index is 1.57. The van der Waals surface area contributed by atoms with Crippen molar-refractivity contribution in [2.75, 3.05) is 26.2 Å². The van der Waals surface area contributed by atoms with Crippen molar-refractivity contribution in [1.82, 2.24) is 16.0 Å². The number of hydrogen-bond acceptors (Lipinski definition) is 5. The summed E-state index contributed by atoms with van der Waals surface area (Å²) in [6, 6.07) is 9.32. The zero-order valence-corrected chi connectivity index (χ0v) is 16.2. The summed E-state index contributed by atoms with van der Waals surface area (Å²) in [5.41, 5.74) is 2.20. The van der Waals surface area contributed by atoms with E-state index in [0.29, 0.717) is 18.0 Å². The van der Waals surface area contributed by atoms with E-state index in [1.165, 1.54) is 11.3 Å². The van der Waals surface area contributed by atoms with E-state index in [9.17, 15) is 14.4 Å². The van der Waals surface area contributed by atoms with E-state index in [2.05, 4.69) is 16.0 Å². The highest BCUT2D eigenvalue weighted by molar-refractivity contribution is 7.12. The first-order chi connectivity index (χ1) is 13.0. The van der Waals surface area contributed by atoms with Crippen LogP contribution in [0.2, 0.25) is 0 Å². The maximum absolute atomic E-state index is 11.7. The van der Waals surface area contributed by atoms with Gasteiger partial charge in [0, 0.05) is 0 Å². The Morgan fingerprint density at radius 2 is 1.74 bits per heavy atom. The first kappa shape index (κ1) is 20.4. The van der Waals surface area contributed by atoms with Crippen LogP contribution in [0.3, 0.4) is 0 Å². The molecule has 8 heteroatoms. The molecule has 7 nitrogen and oxygen atoms in total. The summed E-state index contributed by atoms with van der Waals surface area (Å²) in [6.07, 6.45) is 0. The molecule has 0 aliphatic rings. The lowest BCUT2D eigenvalue weighted by Gasteiger charge is -2.11. The number of nitrogens with one attached hydrogen (secondary N) is 3. The summed E-state index contributed by atoms with van der Waals surface area (Å²) in [5.74, 6) is -0.281. The molecule has 1 aromatic carbocycles. The summed E-state index contributed by atoms with van der Waals surface area (Å²) < 4.78 is 5.62. The van der Waals surface area contributed by atoms with Gasteiger partial charge in [-0.2, -0.15) is 0 Å². The van der Waals surface area contributed by atoms with Gasteiger partial charge in [-0.1, -0.05) is 23.8 Å². The average molecular weight is 389 g/mol. The number of rotatable bonds is 9. The Kier molecular flexibility index (Phi) is 7.81. The molecule has 0 saturated heterocycles. The van der Waals surface area contributed by atoms with Crippen LogP contribution in [0.15, 0.2) is 35.7 Å². The smallest absolute Gasteiger partial charge is 0.261 e. The van der Waals surface area contributed by atoms with Gasteiger partial charge >= 0.3 is 0 Å². The van der Waals surface area contributed by atoms with E-state index < -0.39 is 5.91 Å². The second-order valence-corrected chi connectivity index (χ2v) is 6.85. The predicted octanol–water partition coefficient (Wildman–Crippen LogP) is 1.41. The van der Waals surface area contributed by atoms with Crippen LogP contribution in [-0.4, -0.2) is 44.0 Å². The number of carbonyl (C=O) groups is 3. The van der Waals surface area contributed by atoms with Crippen LogP contribution >= 0.6 is 11.3 Å². The number of thiophene rings is 1. The van der Waals surface area contributed by atoms with Crippen molar-refractivity contribution in [2.24, 2.45) is 0 Å². The largest absolute Gasteiger partial charge is 0.491 e. The topological polar surface area (TPSA) is 96.5 Å². The number of carbonyl (C=O) groups excluding carboxylic acids is 3. The van der Waals surface area contributed by atoms with Gasteiger partial charge in [0.2, 0.25) is 11.8 Å². The maximum atomic E-state index is 11.7. The van der Waals surface area contributed by atoms with Gasteiger partial charge in [-0.25, -0.2) is 0 Å². The number of aryl methyl sites for hydroxylation is 2. The molecule has 3 amide bonds. The Morgan fingerprint density at radius 1 is 1.00 bits per heavy atom. The Hall–Kier alpha value is -2.87. The average Bonchev–Trinajstić information content (AvgIpc) is 3.17. The quantitative estimate of drug-likeness (QED) is 0.565. The van der Waals surface area contributed by atoms with E-state index in [1.807, 2.05) is 32.0 Å². The minimum absolute atomic E-state index is 0.155. The van der Waals surface area contributed by atoms with Crippen LogP contribution in [-0.2, 0) is 9.59 Å². The van der Waals surface area contributed by atoms with Gasteiger partial charge in [0.05, 0.1) is 24.5 Å². The zero-order chi connectivity index (χ0) is 19.6. The highest BCUT2D eigenvalue weighted by Crippen LogP contribution is 2.18. The van der Waals surface area contributed by atoms with Gasteiger partial charge in [0.25, 0.3) is 5.91 Å². The number of amides is 3. The van der Waals surface area contributed by atoms with Crippen LogP contribution in [0.4, 0.5) is 0 Å². The Bertz CT molecular complexity index is 790. The van der Waals surface area contributed by atoms with Crippen molar-refractivity contribution in [3.8, 4) is 5.75 Å². The molecule has 0 radical (unpaired) electrons. The fraction of sp³-hybridized carbons (Fsp3) is 0.316. The highest BCUT2D eigenvalue weighted by Gasteiger charge is 2.09. The lowest BCUT2D eigenvalue weighted by atomic mass is 10.1. The minimum Gasteiger partial charge on any atom is -0.491 e. The van der Waals surface area contributed by atoms with Gasteiger partial charge in [0.1, 0.15) is 12.4 Å². The summed E-state index contributed by atoms with van der Waals surface area (Å²) in [6.45, 7) is 4.31. The predicted molar refractivity (Wildman–Crippen MR) is 104 cm³/mol. The van der Waals surface area contributed by atoms with Crippen molar-refractivity contribution >= 4 is 29.1 Å². The van der Waals surface area contributed by atoms with Crippen LogP contribution < -0.4 is 20.7 Å². The lowest BCUT2D eigenvalue weighted by molar-refractivity contribution is -0.125. The summed E-state index contributed by atoms with van der Waals surface area (Å²) in [4.78, 5) is 35.6. The molecule has 0 aliphatic carbocycles. The zero-order valence-electron chi connectivity index (χ0n) is 15.3. The number of ether oxygens (including phenoxy) is 1. The minimum atomic E-state index is -0.429. The first-order valence-electron chi connectivity index (χ1n) is 8.51. The van der Waals surface area contributed by atoms with E-state index in [0.717, 1.165) is 16.9 Å². The molecular formula is C19H23N3O4S. The van der Waals surface area contributed by atoms with Crippen molar-refractivity contribution in [1.29, 1.82) is 0 Å². The van der Waals surface area contributed by atoms with E-state index in [1.54, 1.807) is 17.5 Å². The van der Waals surface area contributed by atoms with Crippen LogP contribution in [0.25, 0.3) is 0 Å². The molecular weight excluding hydrogens is 366 g/mol. The summed E-state index contributed by atoms with van der Waals surface area (Å²) in [7, 11) is 0. The molecule has 0 spiro atoms. The highest BCUT2D eigenvalue weighted by atomic mass is 32.1. The third kappa shape index (κ3) is 7.10. The van der Waals surface area contributed by atoms with Crippen LogP contribution in [0.5, 0.6) is 5.75 Å². The molecule has 0 unspecified atom stereocenters. The first-order valence-corrected chi connectivity index (χ1v) is 9.39. The molecule has 0 saturated carbocycles. The molecule has 2 aromatic rings. The molecule has 0 aliphatic heterocycles. The lowest BCUT2D eigenvalue weighted by Crippen LogP contribution is -2.42. The Morgan fingerprint density at radius 3 is 2.44 bits per heavy atom. The third-order valence-electron chi connectivity index (χ3n) is 3.61. The molecule has 1 heterocycles. The fourth-order valence-corrected chi connectivity index (χ4v) is 2.91. The molecule has 144 valence electrons. The van der Waals surface area contributed by atoms with E-state index >= 15 is 0 Å². The molecule has 0 bridgehead atoms. The Labute approximate surface area is 162 Å². The monoisotopic (exact) mass is 389 g/mol. The molecule has 1 aromatic heterocycles. The standard InChI is InChI=1S/C19H23N3O4S/c1-13-5-6-15(14(2)10-13)26-8-7-20-17(23)11-21-18(24)12-22-19(25)16-4-3-9-27-16/h3-6,9-10H,7-8,11-12H2,1-2H3,(H,20,23)(H,21,24)(H,22,25). The van der Waals surface area contributed by atoms with Crippen molar-refractivity contribution in [2.45, 2.75) is 13.8 Å². The molecule has 3 N–H and O–H groups in total. The number of benzene rings is 1. The van der Waals surface area contributed by atoms with Gasteiger partial charge in [0.15, 0.2) is 0 Å². The third-order valence-corrected chi connectivity index (χ3v) is 4.48. The van der Waals surface area contributed by atoms with E-state index in [4.69, 9.17) is 4.74 Å². The number of hydrogen-bond donors (Lipinski definition) is 3. The van der Waals surface area contributed by atoms with Crippen molar-refractivity contribution < 1.29 is 19.1 Å². The van der Waals surface area contributed by atoms with Gasteiger partial charge in [-0.15, -0.1) is 11.3 Å². The van der Waals surface area contributed by atoms with Crippen LogP contribution in [0, 0.1) is 13.8 Å². The second kappa shape index (κ2) is 10.3. The maximum Gasteiger partial charge on any atom is 0.261 e. The van der Waals surface area contributed by atoms with E-state index in [-0.39, 0.29) is 24.9 Å². The summed E-state index contributed by atoms with van der Waals surface area (Å²) >= 11 is 1.29. The molecule has 2 rings (SSSR count). The molecule has 27 heavy (non-hydrogen) atoms. The van der Waals surface area contributed by atoms with Crippen LogP contribution in [0.1, 0.15) is 20.8 Å².